The van der Waals surface area contributed by atoms with Crippen molar-refractivity contribution in [1.82, 2.24) is 26.6 Å². The molecule has 0 bridgehead atoms. The van der Waals surface area contributed by atoms with Gasteiger partial charge in [0.15, 0.2) is 5.96 Å². The number of hydrogen-bond donors (Lipinski definition) is 8. The van der Waals surface area contributed by atoms with E-state index in [4.69, 9.17) is 11.5 Å². The first kappa shape index (κ1) is 33.5. The van der Waals surface area contributed by atoms with Crippen LogP contribution in [0.1, 0.15) is 45.1 Å². The van der Waals surface area contributed by atoms with Crippen LogP contribution in [-0.2, 0) is 35.2 Å². The zero-order valence-corrected chi connectivity index (χ0v) is 23.7. The SMILES string of the molecule is CC(C)C[C@@H]1NC(=O)[C@H](Cc2ccccc2)NC(=O)[C@H](CC(=O)O)NC(=O)CNC(=O)[C@H](CCCN=C(N)N)NC1=O. The lowest BCUT2D eigenvalue weighted by molar-refractivity contribution is -0.141. The molecule has 1 fully saturated rings. The summed E-state index contributed by atoms with van der Waals surface area (Å²) < 4.78 is 0. The van der Waals surface area contributed by atoms with Crippen molar-refractivity contribution in [2.24, 2.45) is 22.4 Å². The van der Waals surface area contributed by atoms with Crippen molar-refractivity contribution in [3.05, 3.63) is 35.9 Å². The molecule has 1 aliphatic heterocycles. The largest absolute Gasteiger partial charge is 0.481 e. The maximum absolute atomic E-state index is 13.5. The number of nitrogens with two attached hydrogens (primary N) is 2. The monoisotopic (exact) mass is 588 g/mol. The second-order valence-electron chi connectivity index (χ2n) is 10.4. The van der Waals surface area contributed by atoms with E-state index >= 15 is 0 Å². The molecule has 0 spiro atoms. The van der Waals surface area contributed by atoms with Crippen LogP contribution in [0.5, 0.6) is 0 Å². The standard InChI is InChI=1S/C27H40N8O7/c1-15(2)11-18-24(40)33-17(9-6-10-30-27(28)29)23(39)31-14-21(36)32-20(13-22(37)38)26(42)35-19(25(41)34-18)12-16-7-4-3-5-8-16/h3-5,7-8,15,17-20H,6,9-14H2,1-2H3,(H,31,39)(H,32,36)(H,33,40)(H,34,41)(H,35,42)(H,37,38)(H4,28,29,30)/t17-,18-,19-,20-/m0/s1. The number of aliphatic imine (C=N–C) groups is 1. The summed E-state index contributed by atoms with van der Waals surface area (Å²) in [7, 11) is 0. The number of rotatable bonds is 10. The van der Waals surface area contributed by atoms with E-state index in [9.17, 15) is 33.9 Å². The van der Waals surface area contributed by atoms with Gasteiger partial charge in [-0.2, -0.15) is 0 Å². The quantitative estimate of drug-likeness (QED) is 0.0843. The maximum atomic E-state index is 13.5. The van der Waals surface area contributed by atoms with Crippen molar-refractivity contribution < 1.29 is 33.9 Å². The first-order valence-electron chi connectivity index (χ1n) is 13.6. The van der Waals surface area contributed by atoms with E-state index in [0.717, 1.165) is 0 Å². The number of nitrogens with one attached hydrogen (secondary N) is 5. The Kier molecular flexibility index (Phi) is 13.2. The zero-order chi connectivity index (χ0) is 31.2. The van der Waals surface area contributed by atoms with Crippen LogP contribution in [0.15, 0.2) is 35.3 Å². The molecule has 2 rings (SSSR count). The first-order valence-corrected chi connectivity index (χ1v) is 13.6. The third kappa shape index (κ3) is 11.8. The summed E-state index contributed by atoms with van der Waals surface area (Å²) in [5, 5.41) is 21.9. The summed E-state index contributed by atoms with van der Waals surface area (Å²) in [6.07, 6.45) is -0.115. The first-order chi connectivity index (χ1) is 19.8. The van der Waals surface area contributed by atoms with Gasteiger partial charge in [0.1, 0.15) is 24.2 Å². The van der Waals surface area contributed by atoms with Crippen LogP contribution in [0.25, 0.3) is 0 Å². The van der Waals surface area contributed by atoms with E-state index in [0.29, 0.717) is 12.0 Å². The molecule has 0 aliphatic carbocycles. The number of amides is 5. The Morgan fingerprint density at radius 3 is 2.10 bits per heavy atom. The van der Waals surface area contributed by atoms with E-state index in [1.807, 2.05) is 13.8 Å². The molecule has 230 valence electrons. The smallest absolute Gasteiger partial charge is 0.305 e. The third-order valence-electron chi connectivity index (χ3n) is 6.29. The molecule has 0 aromatic heterocycles. The molecule has 1 saturated heterocycles. The average Bonchev–Trinajstić information content (AvgIpc) is 2.91. The molecule has 1 aromatic carbocycles. The van der Waals surface area contributed by atoms with E-state index in [1.54, 1.807) is 30.3 Å². The Morgan fingerprint density at radius 1 is 0.881 bits per heavy atom. The highest BCUT2D eigenvalue weighted by Crippen LogP contribution is 2.10. The second kappa shape index (κ2) is 16.5. The van der Waals surface area contributed by atoms with Crippen LogP contribution < -0.4 is 38.1 Å². The van der Waals surface area contributed by atoms with Crippen molar-refractivity contribution in [3.8, 4) is 0 Å². The fraction of sp³-hybridized carbons (Fsp3) is 0.519. The van der Waals surface area contributed by atoms with Gasteiger partial charge < -0.3 is 43.2 Å². The minimum Gasteiger partial charge on any atom is -0.481 e. The molecule has 1 heterocycles. The highest BCUT2D eigenvalue weighted by atomic mass is 16.4. The molecule has 15 heteroatoms. The second-order valence-corrected chi connectivity index (χ2v) is 10.4. The molecule has 1 aromatic rings. The molecular weight excluding hydrogens is 548 g/mol. The van der Waals surface area contributed by atoms with E-state index in [1.165, 1.54) is 0 Å². The number of benzene rings is 1. The lowest BCUT2D eigenvalue weighted by Gasteiger charge is -2.26. The van der Waals surface area contributed by atoms with Gasteiger partial charge in [-0.3, -0.25) is 33.8 Å². The predicted molar refractivity (Wildman–Crippen MR) is 152 cm³/mol. The fourth-order valence-corrected chi connectivity index (χ4v) is 4.27. The van der Waals surface area contributed by atoms with Crippen LogP contribution >= 0.6 is 0 Å². The minimum atomic E-state index is -1.54. The molecule has 4 atom stereocenters. The summed E-state index contributed by atoms with van der Waals surface area (Å²) in [5.41, 5.74) is 11.4. The number of aliphatic carboxylic acids is 1. The van der Waals surface area contributed by atoms with E-state index in [2.05, 4.69) is 31.6 Å². The molecule has 5 amide bonds. The summed E-state index contributed by atoms with van der Waals surface area (Å²) >= 11 is 0. The van der Waals surface area contributed by atoms with Gasteiger partial charge in [0.25, 0.3) is 0 Å². The maximum Gasteiger partial charge on any atom is 0.305 e. The molecule has 15 nitrogen and oxygen atoms in total. The fourth-order valence-electron chi connectivity index (χ4n) is 4.27. The Morgan fingerprint density at radius 2 is 1.48 bits per heavy atom. The van der Waals surface area contributed by atoms with Crippen molar-refractivity contribution in [1.29, 1.82) is 0 Å². The average molecular weight is 589 g/mol. The highest BCUT2D eigenvalue weighted by molar-refractivity contribution is 5.98. The van der Waals surface area contributed by atoms with Crippen LogP contribution in [0.3, 0.4) is 0 Å². The van der Waals surface area contributed by atoms with Gasteiger partial charge in [0.2, 0.25) is 29.5 Å². The summed E-state index contributed by atoms with van der Waals surface area (Å²) in [5.74, 6) is -5.32. The minimum absolute atomic E-state index is 0.0234. The highest BCUT2D eigenvalue weighted by Gasteiger charge is 2.33. The van der Waals surface area contributed by atoms with Crippen LogP contribution in [0.2, 0.25) is 0 Å². The number of nitrogens with zero attached hydrogens (tertiary/aromatic N) is 1. The van der Waals surface area contributed by atoms with E-state index < -0.39 is 72.6 Å². The van der Waals surface area contributed by atoms with Gasteiger partial charge in [0.05, 0.1) is 13.0 Å². The summed E-state index contributed by atoms with van der Waals surface area (Å²) in [4.78, 5) is 81.0. The van der Waals surface area contributed by atoms with Gasteiger partial charge in [-0.15, -0.1) is 0 Å². The van der Waals surface area contributed by atoms with Crippen LogP contribution in [-0.4, -0.2) is 83.8 Å². The number of hydrogen-bond acceptors (Lipinski definition) is 7. The Balaban J connectivity index is 2.44. The molecule has 0 saturated carbocycles. The molecule has 42 heavy (non-hydrogen) atoms. The van der Waals surface area contributed by atoms with Crippen LogP contribution in [0, 0.1) is 5.92 Å². The molecule has 0 unspecified atom stereocenters. The van der Waals surface area contributed by atoms with Crippen molar-refractivity contribution >= 4 is 41.5 Å². The zero-order valence-electron chi connectivity index (χ0n) is 23.7. The van der Waals surface area contributed by atoms with Gasteiger partial charge >= 0.3 is 5.97 Å². The van der Waals surface area contributed by atoms with Crippen molar-refractivity contribution in [2.45, 2.75) is 70.1 Å². The van der Waals surface area contributed by atoms with Gasteiger partial charge in [-0.1, -0.05) is 44.2 Å². The number of carbonyl (C=O) groups excluding carboxylic acids is 5. The molecule has 1 aliphatic rings. The van der Waals surface area contributed by atoms with Gasteiger partial charge in [0, 0.05) is 13.0 Å². The van der Waals surface area contributed by atoms with E-state index in [-0.39, 0.29) is 37.7 Å². The lowest BCUT2D eigenvalue weighted by Crippen LogP contribution is -2.58. The lowest BCUT2D eigenvalue weighted by atomic mass is 10.00. The number of carbonyl (C=O) groups is 6. The molecule has 10 N–H and O–H groups in total. The number of carboxylic acid groups (broad SMARTS) is 1. The van der Waals surface area contributed by atoms with Crippen molar-refractivity contribution in [2.75, 3.05) is 13.1 Å². The molecular formula is C27H40N8O7. The Hall–Kier alpha value is -4.69. The summed E-state index contributed by atoms with van der Waals surface area (Å²) in [6, 6.07) is 3.85. The topological polar surface area (TPSA) is 247 Å². The van der Waals surface area contributed by atoms with Crippen LogP contribution in [0.4, 0.5) is 0 Å². The predicted octanol–water partition coefficient (Wildman–Crippen LogP) is -2.13. The Labute approximate surface area is 243 Å². The molecule has 0 radical (unpaired) electrons. The number of guanidine groups is 1. The van der Waals surface area contributed by atoms with Crippen molar-refractivity contribution in [3.63, 3.8) is 0 Å². The number of carboxylic acids is 1. The van der Waals surface area contributed by atoms with Gasteiger partial charge in [-0.05, 0) is 30.7 Å². The summed E-state index contributed by atoms with van der Waals surface area (Å²) in [6.45, 7) is 3.29. The normalized spacial score (nSPS) is 22.4. The van der Waals surface area contributed by atoms with Gasteiger partial charge in [-0.25, -0.2) is 0 Å². The Bertz CT molecular complexity index is 1150. The third-order valence-corrected chi connectivity index (χ3v) is 6.29.